The molecule has 0 aliphatic carbocycles. The van der Waals surface area contributed by atoms with Gasteiger partial charge in [-0.15, -0.1) is 0 Å². The van der Waals surface area contributed by atoms with Crippen LogP contribution in [0.15, 0.2) is 77.9 Å². The molecule has 3 rings (SSSR count). The third-order valence-electron chi connectivity index (χ3n) is 5.51. The fraction of sp³-hybridized carbons (Fsp3) is 0.250. The van der Waals surface area contributed by atoms with Crippen molar-refractivity contribution < 1.29 is 32.2 Å². The molecular formula is C28H32N4O7S. The fourth-order valence-electron chi connectivity index (χ4n) is 3.66. The summed E-state index contributed by atoms with van der Waals surface area (Å²) in [6.07, 6.45) is 2.44. The first kappa shape index (κ1) is 30.0. The van der Waals surface area contributed by atoms with Crippen molar-refractivity contribution >= 4 is 39.4 Å². The average Bonchev–Trinajstić information content (AvgIpc) is 2.93. The Kier molecular flexibility index (Phi) is 10.5. The van der Waals surface area contributed by atoms with Crippen LogP contribution in [0.4, 0.5) is 11.4 Å². The lowest BCUT2D eigenvalue weighted by molar-refractivity contribution is -0.121. The molecule has 212 valence electrons. The number of hydrogen-bond donors (Lipinski definition) is 2. The van der Waals surface area contributed by atoms with Gasteiger partial charge in [-0.25, -0.2) is 13.8 Å². The topological polar surface area (TPSA) is 136 Å². The number of ether oxygens (including phenoxy) is 3. The Morgan fingerprint density at radius 2 is 1.60 bits per heavy atom. The number of hydrogen-bond acceptors (Lipinski definition) is 8. The van der Waals surface area contributed by atoms with E-state index in [0.717, 1.165) is 10.6 Å². The molecule has 0 unspecified atom stereocenters. The molecule has 2 amide bonds. The van der Waals surface area contributed by atoms with Gasteiger partial charge in [0.15, 0.2) is 6.61 Å². The van der Waals surface area contributed by atoms with Crippen LogP contribution in [0.25, 0.3) is 0 Å². The van der Waals surface area contributed by atoms with E-state index < -0.39 is 22.0 Å². The summed E-state index contributed by atoms with van der Waals surface area (Å²) < 4.78 is 42.1. The van der Waals surface area contributed by atoms with Crippen LogP contribution in [-0.4, -0.2) is 59.1 Å². The third kappa shape index (κ3) is 8.46. The summed E-state index contributed by atoms with van der Waals surface area (Å²) in [5.74, 6) is 0.635. The summed E-state index contributed by atoms with van der Waals surface area (Å²) in [5, 5.41) is 6.67. The predicted molar refractivity (Wildman–Crippen MR) is 154 cm³/mol. The highest BCUT2D eigenvalue weighted by Crippen LogP contribution is 2.24. The van der Waals surface area contributed by atoms with Crippen LogP contribution in [0.1, 0.15) is 19.4 Å². The van der Waals surface area contributed by atoms with Gasteiger partial charge in [-0.05, 0) is 80.1 Å². The minimum absolute atomic E-state index is 0.204. The second-order valence-corrected chi connectivity index (χ2v) is 10.4. The van der Waals surface area contributed by atoms with Gasteiger partial charge in [-0.3, -0.25) is 13.9 Å². The van der Waals surface area contributed by atoms with Crippen molar-refractivity contribution in [2.24, 2.45) is 5.10 Å². The van der Waals surface area contributed by atoms with Crippen molar-refractivity contribution in [3.63, 3.8) is 0 Å². The lowest BCUT2D eigenvalue weighted by Gasteiger charge is -2.27. The van der Waals surface area contributed by atoms with Crippen LogP contribution in [0.5, 0.6) is 17.2 Å². The zero-order valence-electron chi connectivity index (χ0n) is 22.7. The van der Waals surface area contributed by atoms with Gasteiger partial charge in [-0.1, -0.05) is 12.1 Å². The van der Waals surface area contributed by atoms with Gasteiger partial charge in [0, 0.05) is 0 Å². The van der Waals surface area contributed by atoms with Crippen molar-refractivity contribution in [2.75, 3.05) is 36.2 Å². The number of amides is 2. The van der Waals surface area contributed by atoms with E-state index in [1.807, 2.05) is 6.92 Å². The number of nitrogens with one attached hydrogen (secondary N) is 2. The van der Waals surface area contributed by atoms with E-state index >= 15 is 0 Å². The average molecular weight is 569 g/mol. The zero-order chi connectivity index (χ0) is 29.1. The number of hydrazone groups is 1. The van der Waals surface area contributed by atoms with Crippen LogP contribution in [0.2, 0.25) is 0 Å². The Balaban J connectivity index is 1.54. The van der Waals surface area contributed by atoms with Gasteiger partial charge in [0.2, 0.25) is 10.0 Å². The second-order valence-electron chi connectivity index (χ2n) is 8.50. The predicted octanol–water partition coefficient (Wildman–Crippen LogP) is 3.42. The molecule has 3 aromatic rings. The number of rotatable bonds is 13. The van der Waals surface area contributed by atoms with Gasteiger partial charge >= 0.3 is 0 Å². The SMILES string of the molecule is CCOc1ccc(N([C@H](C)C(=O)N/N=C\c2ccc(OCC(=O)Nc3ccccc3OC)cc2)S(C)(=O)=O)cc1. The van der Waals surface area contributed by atoms with E-state index in [2.05, 4.69) is 15.8 Å². The van der Waals surface area contributed by atoms with E-state index in [9.17, 15) is 18.0 Å². The highest BCUT2D eigenvalue weighted by Gasteiger charge is 2.29. The normalized spacial score (nSPS) is 11.9. The third-order valence-corrected chi connectivity index (χ3v) is 6.75. The molecule has 0 aliphatic rings. The highest BCUT2D eigenvalue weighted by atomic mass is 32.2. The molecule has 0 saturated carbocycles. The van der Waals surface area contributed by atoms with Crippen LogP contribution >= 0.6 is 0 Å². The quantitative estimate of drug-likeness (QED) is 0.238. The second kappa shape index (κ2) is 14.0. The monoisotopic (exact) mass is 568 g/mol. The smallest absolute Gasteiger partial charge is 0.263 e. The number of carbonyl (C=O) groups excluding carboxylic acids is 2. The highest BCUT2D eigenvalue weighted by molar-refractivity contribution is 7.92. The molecular weight excluding hydrogens is 536 g/mol. The minimum Gasteiger partial charge on any atom is -0.495 e. The number of nitrogens with zero attached hydrogens (tertiary/aromatic N) is 2. The number of benzene rings is 3. The first-order valence-electron chi connectivity index (χ1n) is 12.3. The molecule has 0 aliphatic heterocycles. The van der Waals surface area contributed by atoms with E-state index in [1.165, 1.54) is 20.2 Å². The number of methoxy groups -OCH3 is 1. The summed E-state index contributed by atoms with van der Waals surface area (Å²) >= 11 is 0. The molecule has 12 heteroatoms. The fourth-order valence-corrected chi connectivity index (χ4v) is 4.84. The Labute approximate surface area is 233 Å². The number of sulfonamides is 1. The maximum atomic E-state index is 12.7. The molecule has 0 bridgehead atoms. The number of para-hydroxylation sites is 2. The van der Waals surface area contributed by atoms with Crippen molar-refractivity contribution in [3.8, 4) is 17.2 Å². The summed E-state index contributed by atoms with van der Waals surface area (Å²) in [5.41, 5.74) is 3.89. The van der Waals surface area contributed by atoms with Gasteiger partial charge in [-0.2, -0.15) is 5.10 Å². The molecule has 0 radical (unpaired) electrons. The molecule has 11 nitrogen and oxygen atoms in total. The minimum atomic E-state index is -3.77. The maximum absolute atomic E-state index is 12.7. The molecule has 0 aromatic heterocycles. The van der Waals surface area contributed by atoms with Crippen molar-refractivity contribution in [1.29, 1.82) is 0 Å². The maximum Gasteiger partial charge on any atom is 0.263 e. The number of anilines is 2. The summed E-state index contributed by atoms with van der Waals surface area (Å²) in [6, 6.07) is 19.1. The van der Waals surface area contributed by atoms with E-state index in [1.54, 1.807) is 72.8 Å². The Hall–Kier alpha value is -4.58. The first-order chi connectivity index (χ1) is 19.1. The van der Waals surface area contributed by atoms with Crippen LogP contribution in [0.3, 0.4) is 0 Å². The van der Waals surface area contributed by atoms with E-state index in [4.69, 9.17) is 14.2 Å². The summed E-state index contributed by atoms with van der Waals surface area (Å²) in [6.45, 7) is 3.59. The first-order valence-corrected chi connectivity index (χ1v) is 14.2. The molecule has 0 fully saturated rings. The van der Waals surface area contributed by atoms with Crippen LogP contribution in [0, 0.1) is 0 Å². The Bertz CT molecular complexity index is 1430. The molecule has 0 spiro atoms. The Morgan fingerprint density at radius 1 is 0.975 bits per heavy atom. The molecule has 40 heavy (non-hydrogen) atoms. The van der Waals surface area contributed by atoms with Crippen molar-refractivity contribution in [3.05, 3.63) is 78.4 Å². The van der Waals surface area contributed by atoms with E-state index in [-0.39, 0.29) is 12.5 Å². The molecule has 2 N–H and O–H groups in total. The number of carbonyl (C=O) groups is 2. The lowest BCUT2D eigenvalue weighted by Crippen LogP contribution is -2.46. The van der Waals surface area contributed by atoms with Crippen LogP contribution in [-0.2, 0) is 19.6 Å². The molecule has 0 saturated heterocycles. The molecule has 3 aromatic carbocycles. The van der Waals surface area contributed by atoms with Gasteiger partial charge in [0.1, 0.15) is 23.3 Å². The lowest BCUT2D eigenvalue weighted by atomic mass is 10.2. The van der Waals surface area contributed by atoms with Crippen molar-refractivity contribution in [1.82, 2.24) is 5.43 Å². The zero-order valence-corrected chi connectivity index (χ0v) is 23.5. The van der Waals surface area contributed by atoms with E-state index in [0.29, 0.717) is 40.8 Å². The Morgan fingerprint density at radius 3 is 2.23 bits per heavy atom. The molecule has 1 atom stereocenters. The standard InChI is InChI=1S/C28H32N4O7S/c1-5-38-23-16-12-22(13-17-23)32(40(4,35)36)20(2)28(34)31-29-18-21-10-14-24(15-11-21)39-19-27(33)30-25-8-6-7-9-26(25)37-3/h6-18,20H,5,19H2,1-4H3,(H,30,33)(H,31,34)/b29-18-/t20-/m1/s1. The van der Waals surface area contributed by atoms with Gasteiger partial charge in [0.25, 0.3) is 11.8 Å². The van der Waals surface area contributed by atoms with Crippen molar-refractivity contribution in [2.45, 2.75) is 19.9 Å². The summed E-state index contributed by atoms with van der Waals surface area (Å²) in [7, 11) is -2.25. The van der Waals surface area contributed by atoms with Gasteiger partial charge in [0.05, 0.1) is 37.6 Å². The van der Waals surface area contributed by atoms with Crippen LogP contribution < -0.4 is 29.3 Å². The largest absolute Gasteiger partial charge is 0.495 e. The molecule has 0 heterocycles. The van der Waals surface area contributed by atoms with Gasteiger partial charge < -0.3 is 19.5 Å². The summed E-state index contributed by atoms with van der Waals surface area (Å²) in [4.78, 5) is 24.9.